The van der Waals surface area contributed by atoms with E-state index in [0.717, 1.165) is 39.5 Å². The van der Waals surface area contributed by atoms with Crippen LogP contribution in [0.4, 0.5) is 0 Å². The van der Waals surface area contributed by atoms with Crippen molar-refractivity contribution in [3.8, 4) is 5.69 Å². The lowest BCUT2D eigenvalue weighted by Crippen LogP contribution is -2.52. The smallest absolute Gasteiger partial charge is 0.247 e. The molecule has 1 aliphatic rings. The zero-order valence-electron chi connectivity index (χ0n) is 23.9. The molecule has 3 heterocycles. The van der Waals surface area contributed by atoms with Crippen molar-refractivity contribution in [1.82, 2.24) is 29.5 Å². The van der Waals surface area contributed by atoms with Gasteiger partial charge in [-0.1, -0.05) is 66.7 Å². The van der Waals surface area contributed by atoms with Crippen molar-refractivity contribution in [3.63, 3.8) is 0 Å². The lowest BCUT2D eigenvalue weighted by molar-refractivity contribution is -0.144. The van der Waals surface area contributed by atoms with Gasteiger partial charge in [0.15, 0.2) is 0 Å². The van der Waals surface area contributed by atoms with Gasteiger partial charge < -0.3 is 9.80 Å². The first-order valence-electron chi connectivity index (χ1n) is 14.3. The Balaban J connectivity index is 1.34. The van der Waals surface area contributed by atoms with E-state index in [1.807, 2.05) is 83.9 Å². The molecule has 1 aliphatic heterocycles. The van der Waals surface area contributed by atoms with Crippen molar-refractivity contribution in [3.05, 3.63) is 136 Å². The minimum Gasteiger partial charge on any atom is -0.336 e. The van der Waals surface area contributed by atoms with Crippen LogP contribution >= 0.6 is 11.3 Å². The second kappa shape index (κ2) is 13.0. The van der Waals surface area contributed by atoms with Gasteiger partial charge in [-0.3, -0.25) is 9.59 Å². The van der Waals surface area contributed by atoms with E-state index in [4.69, 9.17) is 0 Å². The van der Waals surface area contributed by atoms with Crippen LogP contribution in [0.15, 0.2) is 103 Å². The van der Waals surface area contributed by atoms with Gasteiger partial charge in [-0.15, -0.1) is 11.3 Å². The van der Waals surface area contributed by atoms with Gasteiger partial charge in [-0.2, -0.15) is 5.10 Å². The Morgan fingerprint density at radius 3 is 2.47 bits per heavy atom. The summed E-state index contributed by atoms with van der Waals surface area (Å²) in [5.41, 5.74) is 5.92. The predicted molar refractivity (Wildman–Crippen MR) is 167 cm³/mol. The van der Waals surface area contributed by atoms with Crippen molar-refractivity contribution in [2.45, 2.75) is 38.9 Å². The molecule has 5 aromatic rings. The molecule has 2 amide bonds. The summed E-state index contributed by atoms with van der Waals surface area (Å²) in [5, 5.41) is 7.05. The minimum absolute atomic E-state index is 0.0520. The van der Waals surface area contributed by atoms with Gasteiger partial charge in [0.05, 0.1) is 16.4 Å². The van der Waals surface area contributed by atoms with E-state index in [0.29, 0.717) is 19.5 Å². The van der Waals surface area contributed by atoms with Crippen molar-refractivity contribution < 1.29 is 9.59 Å². The molecule has 0 spiro atoms. The maximum absolute atomic E-state index is 14.4. The third-order valence-corrected chi connectivity index (χ3v) is 8.46. The molecule has 2 aromatic heterocycles. The van der Waals surface area contributed by atoms with Gasteiger partial charge in [0.2, 0.25) is 11.8 Å². The maximum atomic E-state index is 14.4. The van der Waals surface area contributed by atoms with E-state index in [2.05, 4.69) is 27.2 Å². The van der Waals surface area contributed by atoms with E-state index in [1.165, 1.54) is 29.3 Å². The predicted octanol–water partition coefficient (Wildman–Crippen LogP) is 5.27. The lowest BCUT2D eigenvalue weighted by Gasteiger charge is -2.36. The molecular formula is C34H32N6O2S. The third-order valence-electron chi connectivity index (χ3n) is 7.66. The molecule has 8 nitrogen and oxygen atoms in total. The van der Waals surface area contributed by atoms with Crippen LogP contribution in [0.2, 0.25) is 0 Å². The molecular weight excluding hydrogens is 556 g/mol. The number of hydrogen-bond donors (Lipinski definition) is 0. The molecule has 0 radical (unpaired) electrons. The number of carbonyl (C=O) groups excluding carboxylic acids is 2. The number of fused-ring (bicyclic) bond motifs is 1. The number of aromatic nitrogens is 4. The molecule has 0 fully saturated rings. The fourth-order valence-corrected chi connectivity index (χ4v) is 5.99. The number of carbonyl (C=O) groups is 2. The summed E-state index contributed by atoms with van der Waals surface area (Å²) in [7, 11) is 0. The SMILES string of the molecule is Cc1nc(C=CC(=O)N(Cc2ccc(-n3cncn3)cc2)[C@@H](Cc2ccccc2)C(=O)N2CCc3ccccc3C2)cs1. The molecule has 3 aromatic carbocycles. The van der Waals surface area contributed by atoms with E-state index >= 15 is 0 Å². The van der Waals surface area contributed by atoms with E-state index in [9.17, 15) is 9.59 Å². The summed E-state index contributed by atoms with van der Waals surface area (Å²) in [5.74, 6) is -0.290. The summed E-state index contributed by atoms with van der Waals surface area (Å²) < 4.78 is 1.68. The molecule has 6 rings (SSSR count). The molecule has 0 aliphatic carbocycles. The third kappa shape index (κ3) is 6.79. The first kappa shape index (κ1) is 28.2. The van der Waals surface area contributed by atoms with Gasteiger partial charge in [0, 0.05) is 37.5 Å². The number of nitrogens with zero attached hydrogens (tertiary/aromatic N) is 6. The van der Waals surface area contributed by atoms with Gasteiger partial charge in [-0.25, -0.2) is 14.6 Å². The Hall–Kier alpha value is -4.89. The van der Waals surface area contributed by atoms with Crippen molar-refractivity contribution >= 4 is 29.2 Å². The Kier molecular flexibility index (Phi) is 8.51. The molecule has 216 valence electrons. The van der Waals surface area contributed by atoms with Gasteiger partial charge in [0.25, 0.3) is 0 Å². The van der Waals surface area contributed by atoms with Crippen molar-refractivity contribution in [1.29, 1.82) is 0 Å². The van der Waals surface area contributed by atoms with E-state index in [1.54, 1.807) is 22.0 Å². The van der Waals surface area contributed by atoms with E-state index in [-0.39, 0.29) is 18.4 Å². The molecule has 0 bridgehead atoms. The average molecular weight is 589 g/mol. The number of amides is 2. The molecule has 0 N–H and O–H groups in total. The summed E-state index contributed by atoms with van der Waals surface area (Å²) in [6.45, 7) is 3.35. The molecule has 1 atom stereocenters. The molecule has 0 saturated heterocycles. The van der Waals surface area contributed by atoms with Gasteiger partial charge >= 0.3 is 0 Å². The second-order valence-electron chi connectivity index (χ2n) is 10.6. The standard InChI is InChI=1S/C34H32N6O2S/c1-25-37-30(22-43-25)13-16-33(41)39(20-27-11-14-31(15-12-27)40-24-35-23-36-40)32(19-26-7-3-2-4-8-26)34(42)38-18-17-28-9-5-6-10-29(28)21-38/h2-16,22-24,32H,17-21H2,1H3/t32-/m0/s1. The Bertz CT molecular complexity index is 1710. The van der Waals surface area contributed by atoms with Crippen LogP contribution in [0.1, 0.15) is 33.0 Å². The molecule has 9 heteroatoms. The van der Waals surface area contributed by atoms with Crippen molar-refractivity contribution in [2.75, 3.05) is 6.54 Å². The maximum Gasteiger partial charge on any atom is 0.247 e. The van der Waals surface area contributed by atoms with Crippen LogP contribution in [-0.2, 0) is 35.5 Å². The second-order valence-corrected chi connectivity index (χ2v) is 11.6. The Labute approximate surface area is 255 Å². The highest BCUT2D eigenvalue weighted by Crippen LogP contribution is 2.23. The minimum atomic E-state index is -0.697. The Morgan fingerprint density at radius 2 is 1.74 bits per heavy atom. The number of aryl methyl sites for hydroxylation is 1. The summed E-state index contributed by atoms with van der Waals surface area (Å²) in [6.07, 6.45) is 7.60. The average Bonchev–Trinajstić information content (AvgIpc) is 3.74. The first-order chi connectivity index (χ1) is 21.0. The fraction of sp³-hybridized carbons (Fsp3) is 0.206. The number of thiazole rings is 1. The number of hydrogen-bond acceptors (Lipinski definition) is 6. The zero-order chi connectivity index (χ0) is 29.6. The first-order valence-corrected chi connectivity index (χ1v) is 15.2. The topological polar surface area (TPSA) is 84.2 Å². The van der Waals surface area contributed by atoms with Crippen LogP contribution in [0, 0.1) is 6.92 Å². The van der Waals surface area contributed by atoms with Crippen LogP contribution in [0.5, 0.6) is 0 Å². The van der Waals surface area contributed by atoms with E-state index < -0.39 is 6.04 Å². The summed E-state index contributed by atoms with van der Waals surface area (Å²) >= 11 is 1.53. The highest BCUT2D eigenvalue weighted by molar-refractivity contribution is 7.09. The van der Waals surface area contributed by atoms with Crippen LogP contribution in [-0.4, -0.2) is 53.9 Å². The number of rotatable bonds is 9. The monoisotopic (exact) mass is 588 g/mol. The largest absolute Gasteiger partial charge is 0.336 e. The van der Waals surface area contributed by atoms with Crippen LogP contribution in [0.3, 0.4) is 0 Å². The highest BCUT2D eigenvalue weighted by Gasteiger charge is 2.34. The molecule has 0 unspecified atom stereocenters. The van der Waals surface area contributed by atoms with Gasteiger partial charge in [0.1, 0.15) is 18.7 Å². The molecule has 0 saturated carbocycles. The summed E-state index contributed by atoms with van der Waals surface area (Å²) in [6, 6.07) is 25.3. The Morgan fingerprint density at radius 1 is 0.977 bits per heavy atom. The van der Waals surface area contributed by atoms with Crippen LogP contribution in [0.25, 0.3) is 11.8 Å². The normalized spacial score (nSPS) is 13.6. The van der Waals surface area contributed by atoms with Crippen molar-refractivity contribution in [2.24, 2.45) is 0 Å². The van der Waals surface area contributed by atoms with Crippen LogP contribution < -0.4 is 0 Å². The zero-order valence-corrected chi connectivity index (χ0v) is 24.7. The van der Waals surface area contributed by atoms with Gasteiger partial charge in [-0.05, 0) is 53.8 Å². The molecule has 43 heavy (non-hydrogen) atoms. The summed E-state index contributed by atoms with van der Waals surface area (Å²) in [4.78, 5) is 40.5. The highest BCUT2D eigenvalue weighted by atomic mass is 32.1. The fourth-order valence-electron chi connectivity index (χ4n) is 5.41. The lowest BCUT2D eigenvalue weighted by atomic mass is 9.97. The quantitative estimate of drug-likeness (QED) is 0.219. The number of benzene rings is 3.